The summed E-state index contributed by atoms with van der Waals surface area (Å²) in [6.07, 6.45) is -2.59. The summed E-state index contributed by atoms with van der Waals surface area (Å²) in [6, 6.07) is 7.07. The highest BCUT2D eigenvalue weighted by molar-refractivity contribution is 7.21. The molecule has 0 saturated heterocycles. The maximum atomic E-state index is 12.5. The number of aromatic nitrogens is 4. The molecule has 4 atom stereocenters. The molecule has 1 aliphatic carbocycles. The predicted molar refractivity (Wildman–Crippen MR) is 146 cm³/mol. The van der Waals surface area contributed by atoms with Gasteiger partial charge in [0.15, 0.2) is 0 Å². The van der Waals surface area contributed by atoms with Gasteiger partial charge in [-0.05, 0) is 57.4 Å². The third kappa shape index (κ3) is 6.11. The van der Waals surface area contributed by atoms with Gasteiger partial charge in [0.05, 0.1) is 33.8 Å². The van der Waals surface area contributed by atoms with Crippen molar-refractivity contribution in [3.63, 3.8) is 0 Å². The Balaban J connectivity index is 1.46. The molecule has 13 heteroatoms. The number of aryl methyl sites for hydroxylation is 2. The molecular formula is C27H29F3N6O3S. The van der Waals surface area contributed by atoms with E-state index >= 15 is 0 Å². The first kappa shape index (κ1) is 28.0. The lowest BCUT2D eigenvalue weighted by molar-refractivity contribution is -0.274. The number of nitrogens with zero attached hydrogens (tertiary/aromatic N) is 4. The largest absolute Gasteiger partial charge is 0.573 e. The number of hydrogen-bond donors (Lipinski definition) is 4. The number of fused-ring (bicyclic) bond motifs is 1. The van der Waals surface area contributed by atoms with Crippen molar-refractivity contribution < 1.29 is 28.1 Å². The van der Waals surface area contributed by atoms with Gasteiger partial charge in [-0.3, -0.25) is 4.98 Å². The van der Waals surface area contributed by atoms with E-state index in [0.29, 0.717) is 35.9 Å². The number of pyridine rings is 1. The molecule has 9 nitrogen and oxygen atoms in total. The molecule has 0 aliphatic heterocycles. The van der Waals surface area contributed by atoms with Crippen LogP contribution >= 0.6 is 11.3 Å². The zero-order valence-electron chi connectivity index (χ0n) is 22.0. The molecule has 3 heterocycles. The molecule has 0 amide bonds. The Kier molecular flexibility index (Phi) is 7.80. The minimum atomic E-state index is -4.76. The summed E-state index contributed by atoms with van der Waals surface area (Å²) in [5.41, 5.74) is 3.74. The van der Waals surface area contributed by atoms with E-state index in [1.807, 2.05) is 26.8 Å². The van der Waals surface area contributed by atoms with Crippen molar-refractivity contribution >= 4 is 33.3 Å². The second kappa shape index (κ2) is 11.1. The van der Waals surface area contributed by atoms with E-state index in [0.717, 1.165) is 26.5 Å². The topological polar surface area (TPSA) is 125 Å². The Hall–Kier alpha value is -3.55. The third-order valence-corrected chi connectivity index (χ3v) is 8.02. The molecule has 0 spiro atoms. The Morgan fingerprint density at radius 1 is 1.07 bits per heavy atom. The number of halogens is 3. The SMILES string of the molecule is Cc1nc(NC(C)c2ccc(OC(F)(F)F)cc2)nc(NC2CC(O)C(CO)C2)c1-c1nc2c(C)nccc2s1. The normalized spacial score (nSPS) is 20.1. The summed E-state index contributed by atoms with van der Waals surface area (Å²) >= 11 is 1.51. The summed E-state index contributed by atoms with van der Waals surface area (Å²) in [5.74, 6) is 0.342. The second-order valence-electron chi connectivity index (χ2n) is 9.92. The smallest absolute Gasteiger partial charge is 0.406 e. The molecule has 4 aromatic rings. The third-order valence-electron chi connectivity index (χ3n) is 6.99. The van der Waals surface area contributed by atoms with Gasteiger partial charge >= 0.3 is 6.36 Å². The van der Waals surface area contributed by atoms with E-state index in [4.69, 9.17) is 9.97 Å². The number of hydrogen-bond acceptors (Lipinski definition) is 10. The average Bonchev–Trinajstić information content (AvgIpc) is 3.46. The highest BCUT2D eigenvalue weighted by Gasteiger charge is 2.34. The van der Waals surface area contributed by atoms with Gasteiger partial charge in [-0.25, -0.2) is 9.97 Å². The number of aliphatic hydroxyl groups is 2. The van der Waals surface area contributed by atoms with E-state index in [9.17, 15) is 23.4 Å². The van der Waals surface area contributed by atoms with E-state index in [-0.39, 0.29) is 30.4 Å². The molecule has 1 aliphatic rings. The lowest BCUT2D eigenvalue weighted by Gasteiger charge is -2.20. The molecule has 4 unspecified atom stereocenters. The van der Waals surface area contributed by atoms with Crippen molar-refractivity contribution in [2.45, 2.75) is 58.2 Å². The molecule has 1 aromatic carbocycles. The van der Waals surface area contributed by atoms with Crippen LogP contribution in [0.15, 0.2) is 36.5 Å². The molecule has 1 fully saturated rings. The summed E-state index contributed by atoms with van der Waals surface area (Å²) in [7, 11) is 0. The van der Waals surface area contributed by atoms with Crippen molar-refractivity contribution in [2.75, 3.05) is 17.2 Å². The van der Waals surface area contributed by atoms with Crippen LogP contribution in [0.5, 0.6) is 5.75 Å². The number of nitrogens with one attached hydrogen (secondary N) is 2. The van der Waals surface area contributed by atoms with Gasteiger partial charge < -0.3 is 25.6 Å². The second-order valence-corrected chi connectivity index (χ2v) is 11.0. The predicted octanol–water partition coefficient (Wildman–Crippen LogP) is 5.38. The van der Waals surface area contributed by atoms with Crippen molar-refractivity contribution in [1.29, 1.82) is 0 Å². The molecule has 0 radical (unpaired) electrons. The Labute approximate surface area is 232 Å². The highest BCUT2D eigenvalue weighted by Crippen LogP contribution is 2.38. The monoisotopic (exact) mass is 574 g/mol. The lowest BCUT2D eigenvalue weighted by Crippen LogP contribution is -2.20. The van der Waals surface area contributed by atoms with Crippen molar-refractivity contribution in [3.05, 3.63) is 53.5 Å². The van der Waals surface area contributed by atoms with Crippen molar-refractivity contribution in [3.8, 4) is 16.3 Å². The quantitative estimate of drug-likeness (QED) is 0.219. The van der Waals surface area contributed by atoms with Gasteiger partial charge in [-0.15, -0.1) is 24.5 Å². The first-order valence-electron chi connectivity index (χ1n) is 12.8. The molecular weight excluding hydrogens is 545 g/mol. The van der Waals surface area contributed by atoms with Crippen LogP contribution in [-0.4, -0.2) is 55.3 Å². The van der Waals surface area contributed by atoms with Gasteiger partial charge in [-0.1, -0.05) is 12.1 Å². The van der Waals surface area contributed by atoms with Crippen LogP contribution in [0.3, 0.4) is 0 Å². The van der Waals surface area contributed by atoms with Gasteiger partial charge in [0.1, 0.15) is 22.1 Å². The van der Waals surface area contributed by atoms with Gasteiger partial charge in [0, 0.05) is 24.8 Å². The number of alkyl halides is 3. The first-order valence-corrected chi connectivity index (χ1v) is 13.6. The fourth-order valence-corrected chi connectivity index (χ4v) is 6.04. The fourth-order valence-electron chi connectivity index (χ4n) is 4.93. The Morgan fingerprint density at radius 3 is 2.48 bits per heavy atom. The van der Waals surface area contributed by atoms with E-state index in [2.05, 4.69) is 25.3 Å². The van der Waals surface area contributed by atoms with Gasteiger partial charge in [0.25, 0.3) is 0 Å². The van der Waals surface area contributed by atoms with Crippen LogP contribution in [-0.2, 0) is 0 Å². The van der Waals surface area contributed by atoms with Crippen LogP contribution < -0.4 is 15.4 Å². The zero-order valence-corrected chi connectivity index (χ0v) is 22.8. The number of rotatable bonds is 8. The van der Waals surface area contributed by atoms with Crippen LogP contribution in [0.1, 0.15) is 42.8 Å². The van der Waals surface area contributed by atoms with E-state index in [1.165, 1.54) is 23.5 Å². The number of benzene rings is 1. The zero-order chi connectivity index (χ0) is 28.6. The summed E-state index contributed by atoms with van der Waals surface area (Å²) in [5, 5.41) is 27.4. The minimum absolute atomic E-state index is 0.101. The minimum Gasteiger partial charge on any atom is -0.406 e. The van der Waals surface area contributed by atoms with Crippen molar-refractivity contribution in [2.24, 2.45) is 5.92 Å². The Morgan fingerprint density at radius 2 is 1.82 bits per heavy atom. The van der Waals surface area contributed by atoms with Crippen LogP contribution in [0.4, 0.5) is 24.9 Å². The maximum absolute atomic E-state index is 12.5. The number of thiazole rings is 1. The molecule has 1 saturated carbocycles. The lowest BCUT2D eigenvalue weighted by atomic mass is 10.1. The molecule has 0 bridgehead atoms. The average molecular weight is 575 g/mol. The van der Waals surface area contributed by atoms with Gasteiger partial charge in [0.2, 0.25) is 5.95 Å². The number of aliphatic hydroxyl groups excluding tert-OH is 2. The summed E-state index contributed by atoms with van der Waals surface area (Å²) in [6.45, 7) is 5.51. The van der Waals surface area contributed by atoms with E-state index < -0.39 is 12.5 Å². The summed E-state index contributed by atoms with van der Waals surface area (Å²) in [4.78, 5) is 18.6. The van der Waals surface area contributed by atoms with E-state index in [1.54, 1.807) is 18.3 Å². The maximum Gasteiger partial charge on any atom is 0.573 e. The Bertz CT molecular complexity index is 1500. The summed E-state index contributed by atoms with van der Waals surface area (Å²) < 4.78 is 42.5. The van der Waals surface area contributed by atoms with Crippen LogP contribution in [0, 0.1) is 19.8 Å². The molecule has 3 aromatic heterocycles. The van der Waals surface area contributed by atoms with Crippen LogP contribution in [0.2, 0.25) is 0 Å². The molecule has 212 valence electrons. The standard InChI is InChI=1S/C27H29F3N6O3S/c1-13(16-4-6-19(7-5-16)39-27(28,29)30)32-26-33-14(2)22(25-35-23-15(3)31-9-8-21(23)40-25)24(36-26)34-18-10-17(12-37)20(38)11-18/h4-9,13,17-18,20,37-38H,10-12H2,1-3H3,(H2,32,33,34,36). The van der Waals surface area contributed by atoms with Gasteiger partial charge in [-0.2, -0.15) is 4.98 Å². The number of ether oxygens (including phenoxy) is 1. The highest BCUT2D eigenvalue weighted by atomic mass is 32.1. The van der Waals surface area contributed by atoms with Crippen molar-refractivity contribution in [1.82, 2.24) is 19.9 Å². The molecule has 40 heavy (non-hydrogen) atoms. The fraction of sp³-hybridized carbons (Fsp3) is 0.407. The number of anilines is 2. The first-order chi connectivity index (χ1) is 19.0. The molecule has 5 rings (SSSR count). The molecule has 4 N–H and O–H groups in total. The van der Waals surface area contributed by atoms with Crippen LogP contribution in [0.25, 0.3) is 20.8 Å².